The van der Waals surface area contributed by atoms with Gasteiger partial charge in [0, 0.05) is 20.1 Å². The van der Waals surface area contributed by atoms with Crippen LogP contribution in [0, 0.1) is 11.6 Å². The fraction of sp³-hybridized carbons (Fsp3) is 0.462. The first-order chi connectivity index (χ1) is 8.76. The van der Waals surface area contributed by atoms with E-state index in [-0.39, 0.29) is 17.3 Å². The summed E-state index contributed by atoms with van der Waals surface area (Å²) in [6.07, 6.45) is 0. The van der Waals surface area contributed by atoms with Gasteiger partial charge in [0.1, 0.15) is 11.2 Å². The summed E-state index contributed by atoms with van der Waals surface area (Å²) in [6.45, 7) is 4.20. The SMILES string of the molecule is CN1CCN(c2c(N)ccc(F)c2F)C(C)(C)C1=O. The lowest BCUT2D eigenvalue weighted by atomic mass is 9.96. The van der Waals surface area contributed by atoms with Crippen molar-refractivity contribution in [3.8, 4) is 0 Å². The largest absolute Gasteiger partial charge is 0.397 e. The fourth-order valence-corrected chi connectivity index (χ4v) is 2.43. The molecule has 0 radical (unpaired) electrons. The molecule has 0 aliphatic carbocycles. The second-order valence-corrected chi connectivity index (χ2v) is 5.24. The summed E-state index contributed by atoms with van der Waals surface area (Å²) in [5, 5.41) is 0. The molecule has 2 N–H and O–H groups in total. The molecule has 1 fully saturated rings. The molecule has 0 saturated carbocycles. The van der Waals surface area contributed by atoms with Crippen LogP contribution in [0.25, 0.3) is 0 Å². The van der Waals surface area contributed by atoms with Crippen molar-refractivity contribution in [1.29, 1.82) is 0 Å². The third-order valence-electron chi connectivity index (χ3n) is 3.57. The third-order valence-corrected chi connectivity index (χ3v) is 3.57. The number of carbonyl (C=O) groups excluding carboxylic acids is 1. The normalized spacial score (nSPS) is 18.9. The first-order valence-corrected chi connectivity index (χ1v) is 6.03. The third kappa shape index (κ3) is 2.01. The molecular weight excluding hydrogens is 252 g/mol. The van der Waals surface area contributed by atoms with E-state index >= 15 is 0 Å². The van der Waals surface area contributed by atoms with Crippen molar-refractivity contribution in [2.45, 2.75) is 19.4 Å². The first kappa shape index (κ1) is 13.6. The lowest BCUT2D eigenvalue weighted by Gasteiger charge is -2.46. The molecular formula is C13H17F2N3O. The molecule has 0 spiro atoms. The topological polar surface area (TPSA) is 49.6 Å². The van der Waals surface area contributed by atoms with E-state index in [4.69, 9.17) is 5.73 Å². The van der Waals surface area contributed by atoms with Gasteiger partial charge >= 0.3 is 0 Å². The van der Waals surface area contributed by atoms with Crippen LogP contribution in [0.15, 0.2) is 12.1 Å². The van der Waals surface area contributed by atoms with Crippen LogP contribution in [0.2, 0.25) is 0 Å². The lowest BCUT2D eigenvalue weighted by Crippen LogP contribution is -2.62. The average molecular weight is 269 g/mol. The maximum atomic E-state index is 14.0. The highest BCUT2D eigenvalue weighted by atomic mass is 19.2. The Hall–Kier alpha value is -1.85. The Labute approximate surface area is 110 Å². The Bertz CT molecular complexity index is 531. The molecule has 1 heterocycles. The fourth-order valence-electron chi connectivity index (χ4n) is 2.43. The second kappa shape index (κ2) is 4.36. The van der Waals surface area contributed by atoms with E-state index in [0.29, 0.717) is 13.1 Å². The number of anilines is 2. The molecule has 0 atom stereocenters. The van der Waals surface area contributed by atoms with Gasteiger partial charge in [-0.2, -0.15) is 0 Å². The van der Waals surface area contributed by atoms with Crippen LogP contribution in [0.5, 0.6) is 0 Å². The van der Waals surface area contributed by atoms with Gasteiger partial charge in [-0.1, -0.05) is 0 Å². The van der Waals surface area contributed by atoms with Crippen molar-refractivity contribution < 1.29 is 13.6 Å². The number of rotatable bonds is 1. The predicted octanol–water partition coefficient (Wildman–Crippen LogP) is 1.60. The molecule has 1 aromatic rings. The second-order valence-electron chi connectivity index (χ2n) is 5.24. The minimum atomic E-state index is -1.01. The van der Waals surface area contributed by atoms with Gasteiger partial charge in [0.2, 0.25) is 5.91 Å². The van der Waals surface area contributed by atoms with Gasteiger partial charge in [-0.15, -0.1) is 0 Å². The number of halogens is 2. The van der Waals surface area contributed by atoms with Crippen molar-refractivity contribution in [2.24, 2.45) is 0 Å². The maximum Gasteiger partial charge on any atom is 0.247 e. The van der Waals surface area contributed by atoms with Crippen molar-refractivity contribution in [1.82, 2.24) is 4.90 Å². The van der Waals surface area contributed by atoms with Crippen LogP contribution in [0.4, 0.5) is 20.2 Å². The van der Waals surface area contributed by atoms with Crippen LogP contribution in [-0.2, 0) is 4.79 Å². The molecule has 1 saturated heterocycles. The Morgan fingerprint density at radius 2 is 1.89 bits per heavy atom. The number of hydrogen-bond donors (Lipinski definition) is 1. The summed E-state index contributed by atoms with van der Waals surface area (Å²) in [4.78, 5) is 15.3. The Morgan fingerprint density at radius 3 is 2.53 bits per heavy atom. The standard InChI is InChI=1S/C13H17F2N3O/c1-13(2)12(19)17(3)6-7-18(13)11-9(16)5-4-8(14)10(11)15/h4-5H,6-7,16H2,1-3H3. The van der Waals surface area contributed by atoms with E-state index in [9.17, 15) is 13.6 Å². The molecule has 0 bridgehead atoms. The number of nitrogen functional groups attached to an aromatic ring is 1. The molecule has 1 aromatic carbocycles. The Balaban J connectivity index is 2.53. The minimum absolute atomic E-state index is 0.0357. The van der Waals surface area contributed by atoms with E-state index in [1.165, 1.54) is 11.0 Å². The summed E-state index contributed by atoms with van der Waals surface area (Å²) in [5.74, 6) is -2.13. The molecule has 1 amide bonds. The highest BCUT2D eigenvalue weighted by Crippen LogP contribution is 2.35. The van der Waals surface area contributed by atoms with Gasteiger partial charge < -0.3 is 15.5 Å². The van der Waals surface area contributed by atoms with Crippen LogP contribution >= 0.6 is 0 Å². The van der Waals surface area contributed by atoms with Crippen LogP contribution in [0.3, 0.4) is 0 Å². The number of likely N-dealkylation sites (N-methyl/N-ethyl adjacent to an activating group) is 1. The zero-order chi connectivity index (χ0) is 14.4. The lowest BCUT2D eigenvalue weighted by molar-refractivity contribution is -0.136. The number of nitrogens with zero attached hydrogens (tertiary/aromatic N) is 2. The van der Waals surface area contributed by atoms with E-state index in [0.717, 1.165) is 6.07 Å². The monoisotopic (exact) mass is 269 g/mol. The van der Waals surface area contributed by atoms with Crippen LogP contribution in [0.1, 0.15) is 13.8 Å². The molecule has 19 heavy (non-hydrogen) atoms. The van der Waals surface area contributed by atoms with Crippen molar-refractivity contribution in [2.75, 3.05) is 30.8 Å². The van der Waals surface area contributed by atoms with Crippen LogP contribution in [-0.4, -0.2) is 36.5 Å². The molecule has 0 aromatic heterocycles. The van der Waals surface area contributed by atoms with Gasteiger partial charge in [0.15, 0.2) is 11.6 Å². The van der Waals surface area contributed by atoms with Gasteiger partial charge in [-0.3, -0.25) is 4.79 Å². The Kier molecular flexibility index (Phi) is 3.12. The summed E-state index contributed by atoms with van der Waals surface area (Å²) in [7, 11) is 1.69. The molecule has 2 rings (SSSR count). The smallest absolute Gasteiger partial charge is 0.247 e. The number of amides is 1. The molecule has 0 unspecified atom stereocenters. The minimum Gasteiger partial charge on any atom is -0.397 e. The molecule has 4 nitrogen and oxygen atoms in total. The van der Waals surface area contributed by atoms with Crippen LogP contribution < -0.4 is 10.6 Å². The summed E-state index contributed by atoms with van der Waals surface area (Å²) in [6, 6.07) is 2.30. The highest BCUT2D eigenvalue weighted by molar-refractivity contribution is 5.91. The van der Waals surface area contributed by atoms with E-state index in [2.05, 4.69) is 0 Å². The first-order valence-electron chi connectivity index (χ1n) is 6.03. The molecule has 1 aliphatic rings. The zero-order valence-corrected chi connectivity index (χ0v) is 11.2. The number of benzene rings is 1. The number of nitrogens with two attached hydrogens (primary N) is 1. The van der Waals surface area contributed by atoms with Crippen molar-refractivity contribution in [3.05, 3.63) is 23.8 Å². The zero-order valence-electron chi connectivity index (χ0n) is 11.2. The highest BCUT2D eigenvalue weighted by Gasteiger charge is 2.42. The van der Waals surface area contributed by atoms with Gasteiger partial charge in [0.25, 0.3) is 0 Å². The average Bonchev–Trinajstić information content (AvgIpc) is 2.34. The quantitative estimate of drug-likeness (QED) is 0.788. The molecule has 104 valence electrons. The summed E-state index contributed by atoms with van der Waals surface area (Å²) >= 11 is 0. The van der Waals surface area contributed by atoms with Crippen molar-refractivity contribution in [3.63, 3.8) is 0 Å². The van der Waals surface area contributed by atoms with Gasteiger partial charge in [-0.05, 0) is 26.0 Å². The van der Waals surface area contributed by atoms with Gasteiger partial charge in [-0.25, -0.2) is 8.78 Å². The summed E-state index contributed by atoms with van der Waals surface area (Å²) in [5.41, 5.74) is 4.88. The predicted molar refractivity (Wildman–Crippen MR) is 69.8 cm³/mol. The van der Waals surface area contributed by atoms with Gasteiger partial charge in [0.05, 0.1) is 5.69 Å². The van der Waals surface area contributed by atoms with E-state index in [1.807, 2.05) is 0 Å². The summed E-state index contributed by atoms with van der Waals surface area (Å²) < 4.78 is 27.4. The number of carbonyl (C=O) groups is 1. The van der Waals surface area contributed by atoms with E-state index < -0.39 is 17.2 Å². The maximum absolute atomic E-state index is 14.0. The number of piperazine rings is 1. The Morgan fingerprint density at radius 1 is 1.26 bits per heavy atom. The van der Waals surface area contributed by atoms with Crippen molar-refractivity contribution >= 4 is 17.3 Å². The molecule has 1 aliphatic heterocycles. The molecule has 6 heteroatoms. The number of hydrogen-bond acceptors (Lipinski definition) is 3. The van der Waals surface area contributed by atoms with E-state index in [1.54, 1.807) is 25.8 Å².